The Morgan fingerprint density at radius 3 is 2.67 bits per heavy atom. The molecule has 0 saturated heterocycles. The van der Waals surface area contributed by atoms with Gasteiger partial charge in [-0.1, -0.05) is 12.1 Å². The van der Waals surface area contributed by atoms with Crippen molar-refractivity contribution in [2.45, 2.75) is 19.9 Å². The summed E-state index contributed by atoms with van der Waals surface area (Å²) in [5.41, 5.74) is 2.02. The van der Waals surface area contributed by atoms with Crippen molar-refractivity contribution in [2.75, 3.05) is 19.0 Å². The van der Waals surface area contributed by atoms with Crippen LogP contribution in [0.4, 0.5) is 10.1 Å². The molecule has 0 saturated carbocycles. The van der Waals surface area contributed by atoms with Gasteiger partial charge in [-0.25, -0.2) is 4.39 Å². The molecule has 2 N–H and O–H groups in total. The number of carbonyl (C=O) groups is 1. The van der Waals surface area contributed by atoms with Crippen LogP contribution in [0.5, 0.6) is 5.75 Å². The van der Waals surface area contributed by atoms with Crippen molar-refractivity contribution < 1.29 is 13.9 Å². The highest BCUT2D eigenvalue weighted by Crippen LogP contribution is 2.27. The van der Waals surface area contributed by atoms with Gasteiger partial charge in [0.2, 0.25) is 5.91 Å². The molecule has 1 atom stereocenters. The second-order valence-electron chi connectivity index (χ2n) is 5.51. The highest BCUT2D eigenvalue weighted by atomic mass is 79.9. The Bertz CT molecular complexity index is 737. The number of aryl methyl sites for hydroxylation is 1. The maximum absolute atomic E-state index is 13.5. The number of amides is 1. The Kier molecular flexibility index (Phi) is 6.34. The van der Waals surface area contributed by atoms with Crippen LogP contribution in [0.3, 0.4) is 0 Å². The smallest absolute Gasteiger partial charge is 0.238 e. The van der Waals surface area contributed by atoms with Crippen molar-refractivity contribution in [1.82, 2.24) is 5.32 Å². The normalized spacial score (nSPS) is 11.9. The van der Waals surface area contributed by atoms with Gasteiger partial charge in [0.1, 0.15) is 11.6 Å². The number of anilines is 1. The summed E-state index contributed by atoms with van der Waals surface area (Å²) in [5.74, 6) is 0.194. The van der Waals surface area contributed by atoms with E-state index in [0.29, 0.717) is 11.3 Å². The lowest BCUT2D eigenvalue weighted by molar-refractivity contribution is -0.115. The van der Waals surface area contributed by atoms with Crippen LogP contribution < -0.4 is 15.4 Å². The molecule has 0 radical (unpaired) electrons. The summed E-state index contributed by atoms with van der Waals surface area (Å²) in [6, 6.07) is 10.4. The molecule has 2 aromatic carbocycles. The third-order valence-corrected chi connectivity index (χ3v) is 4.32. The number of halogens is 2. The van der Waals surface area contributed by atoms with E-state index in [9.17, 15) is 9.18 Å². The molecule has 0 aliphatic heterocycles. The number of carbonyl (C=O) groups excluding carboxylic acids is 1. The minimum atomic E-state index is -0.336. The molecule has 0 heterocycles. The van der Waals surface area contributed by atoms with Gasteiger partial charge in [-0.05, 0) is 65.2 Å². The van der Waals surface area contributed by atoms with E-state index in [1.165, 1.54) is 6.07 Å². The Balaban J connectivity index is 1.90. The number of hydrogen-bond donors (Lipinski definition) is 2. The van der Waals surface area contributed by atoms with E-state index in [1.807, 2.05) is 25.1 Å². The van der Waals surface area contributed by atoms with Gasteiger partial charge in [-0.3, -0.25) is 4.79 Å². The zero-order valence-corrected chi connectivity index (χ0v) is 15.4. The van der Waals surface area contributed by atoms with E-state index in [4.69, 9.17) is 4.74 Å². The SMILES string of the molecule is COc1ccc([C@@H](C)NCC(=O)Nc2ccc(C)c(F)c2)cc1Br. The highest BCUT2D eigenvalue weighted by Gasteiger charge is 2.10. The van der Waals surface area contributed by atoms with E-state index in [0.717, 1.165) is 15.8 Å². The number of methoxy groups -OCH3 is 1. The molecule has 0 aliphatic rings. The van der Waals surface area contributed by atoms with Crippen molar-refractivity contribution in [3.8, 4) is 5.75 Å². The van der Waals surface area contributed by atoms with E-state index in [1.54, 1.807) is 26.2 Å². The number of hydrogen-bond acceptors (Lipinski definition) is 3. The summed E-state index contributed by atoms with van der Waals surface area (Å²) in [4.78, 5) is 12.0. The van der Waals surface area contributed by atoms with E-state index < -0.39 is 0 Å². The Morgan fingerprint density at radius 2 is 2.04 bits per heavy atom. The first-order valence-electron chi connectivity index (χ1n) is 7.53. The fraction of sp³-hybridized carbons (Fsp3) is 0.278. The Morgan fingerprint density at radius 1 is 1.29 bits per heavy atom. The van der Waals surface area contributed by atoms with Crippen LogP contribution in [0.1, 0.15) is 24.1 Å². The number of ether oxygens (including phenoxy) is 1. The van der Waals surface area contributed by atoms with E-state index in [2.05, 4.69) is 26.6 Å². The van der Waals surface area contributed by atoms with Gasteiger partial charge >= 0.3 is 0 Å². The molecule has 128 valence electrons. The van der Waals surface area contributed by atoms with Crippen LogP contribution in [0.15, 0.2) is 40.9 Å². The molecule has 0 aliphatic carbocycles. The third-order valence-electron chi connectivity index (χ3n) is 3.70. The molecule has 0 fully saturated rings. The molecule has 24 heavy (non-hydrogen) atoms. The molecule has 0 spiro atoms. The zero-order valence-electron chi connectivity index (χ0n) is 13.8. The molecule has 6 heteroatoms. The summed E-state index contributed by atoms with van der Waals surface area (Å²) in [6.07, 6.45) is 0. The molecule has 2 aromatic rings. The highest BCUT2D eigenvalue weighted by molar-refractivity contribution is 9.10. The monoisotopic (exact) mass is 394 g/mol. The quantitative estimate of drug-likeness (QED) is 0.771. The lowest BCUT2D eigenvalue weighted by atomic mass is 10.1. The molecule has 4 nitrogen and oxygen atoms in total. The second-order valence-corrected chi connectivity index (χ2v) is 6.36. The van der Waals surface area contributed by atoms with Crippen molar-refractivity contribution in [1.29, 1.82) is 0 Å². The molecule has 1 amide bonds. The van der Waals surface area contributed by atoms with Crippen molar-refractivity contribution >= 4 is 27.5 Å². The zero-order chi connectivity index (χ0) is 17.7. The first-order valence-corrected chi connectivity index (χ1v) is 8.33. The van der Waals surface area contributed by atoms with Crippen molar-refractivity contribution in [2.24, 2.45) is 0 Å². The average Bonchev–Trinajstić information content (AvgIpc) is 2.56. The van der Waals surface area contributed by atoms with Gasteiger partial charge in [0.15, 0.2) is 0 Å². The summed E-state index contributed by atoms with van der Waals surface area (Å²) in [6.45, 7) is 3.77. The first-order chi connectivity index (χ1) is 11.4. The van der Waals surface area contributed by atoms with Crippen molar-refractivity contribution in [3.63, 3.8) is 0 Å². The molecule has 0 bridgehead atoms. The summed E-state index contributed by atoms with van der Waals surface area (Å²) < 4.78 is 19.5. The topological polar surface area (TPSA) is 50.4 Å². The number of benzene rings is 2. The summed E-state index contributed by atoms with van der Waals surface area (Å²) in [5, 5.41) is 5.82. The first kappa shape index (κ1) is 18.4. The van der Waals surface area contributed by atoms with Crippen LogP contribution in [-0.4, -0.2) is 19.6 Å². The minimum Gasteiger partial charge on any atom is -0.496 e. The number of rotatable bonds is 6. The van der Waals surface area contributed by atoms with E-state index >= 15 is 0 Å². The van der Waals surface area contributed by atoms with Crippen LogP contribution >= 0.6 is 15.9 Å². The predicted molar refractivity (Wildman–Crippen MR) is 96.9 cm³/mol. The molecular weight excluding hydrogens is 375 g/mol. The van der Waals surface area contributed by atoms with Crippen LogP contribution in [0, 0.1) is 12.7 Å². The van der Waals surface area contributed by atoms with Crippen molar-refractivity contribution in [3.05, 3.63) is 57.8 Å². The summed E-state index contributed by atoms with van der Waals surface area (Å²) in [7, 11) is 1.61. The van der Waals surface area contributed by atoms with Gasteiger partial charge < -0.3 is 15.4 Å². The maximum atomic E-state index is 13.5. The largest absolute Gasteiger partial charge is 0.496 e. The lowest BCUT2D eigenvalue weighted by Gasteiger charge is -2.15. The van der Waals surface area contributed by atoms with Crippen LogP contribution in [0.2, 0.25) is 0 Å². The molecule has 0 aromatic heterocycles. The molecular formula is C18H20BrFN2O2. The van der Waals surface area contributed by atoms with Gasteiger partial charge in [-0.15, -0.1) is 0 Å². The Hall–Kier alpha value is -1.92. The van der Waals surface area contributed by atoms with Gasteiger partial charge in [0, 0.05) is 11.7 Å². The third kappa shape index (κ3) is 4.79. The lowest BCUT2D eigenvalue weighted by Crippen LogP contribution is -2.30. The molecule has 2 rings (SSSR count). The minimum absolute atomic E-state index is 0.0206. The Labute approximate surface area is 149 Å². The summed E-state index contributed by atoms with van der Waals surface area (Å²) >= 11 is 3.44. The fourth-order valence-corrected chi connectivity index (χ4v) is 2.75. The maximum Gasteiger partial charge on any atom is 0.238 e. The standard InChI is InChI=1S/C18H20BrFN2O2/c1-11-4-6-14(9-16(11)20)22-18(23)10-21-12(2)13-5-7-17(24-3)15(19)8-13/h4-9,12,21H,10H2,1-3H3,(H,22,23)/t12-/m1/s1. The average molecular weight is 395 g/mol. The molecule has 0 unspecified atom stereocenters. The van der Waals surface area contributed by atoms with Gasteiger partial charge in [0.25, 0.3) is 0 Å². The van der Waals surface area contributed by atoms with E-state index in [-0.39, 0.29) is 24.3 Å². The van der Waals surface area contributed by atoms with Crippen LogP contribution in [-0.2, 0) is 4.79 Å². The fourth-order valence-electron chi connectivity index (χ4n) is 2.19. The predicted octanol–water partition coefficient (Wildman–Crippen LogP) is 4.19. The van der Waals surface area contributed by atoms with Gasteiger partial charge in [0.05, 0.1) is 18.1 Å². The van der Waals surface area contributed by atoms with Gasteiger partial charge in [-0.2, -0.15) is 0 Å². The second kappa shape index (κ2) is 8.26. The number of nitrogens with one attached hydrogen (secondary N) is 2. The van der Waals surface area contributed by atoms with Crippen LogP contribution in [0.25, 0.3) is 0 Å².